The van der Waals surface area contributed by atoms with Gasteiger partial charge in [-0.05, 0) is 49.8 Å². The summed E-state index contributed by atoms with van der Waals surface area (Å²) in [5.41, 5.74) is 2.55. The van der Waals surface area contributed by atoms with Gasteiger partial charge in [-0.2, -0.15) is 0 Å². The van der Waals surface area contributed by atoms with E-state index in [1.165, 1.54) is 19.3 Å². The summed E-state index contributed by atoms with van der Waals surface area (Å²) < 4.78 is 10.6. The zero-order valence-corrected chi connectivity index (χ0v) is 18.4. The number of anilines is 2. The molecule has 0 radical (unpaired) electrons. The van der Waals surface area contributed by atoms with Crippen LogP contribution in [-0.4, -0.2) is 44.2 Å². The van der Waals surface area contributed by atoms with Gasteiger partial charge in [0.2, 0.25) is 0 Å². The fourth-order valence-corrected chi connectivity index (χ4v) is 4.02. The molecule has 0 spiro atoms. The molecule has 0 amide bonds. The van der Waals surface area contributed by atoms with Crippen LogP contribution in [-0.2, 0) is 0 Å². The molecule has 2 heterocycles. The first-order chi connectivity index (χ1) is 15.4. The van der Waals surface area contributed by atoms with Gasteiger partial charge in [0.25, 0.3) is 0 Å². The molecule has 3 aromatic rings. The average molecular weight is 434 g/mol. The van der Waals surface area contributed by atoms with Crippen LogP contribution in [0.25, 0.3) is 17.0 Å². The predicted octanol–water partition coefficient (Wildman–Crippen LogP) is 4.07. The van der Waals surface area contributed by atoms with Crippen molar-refractivity contribution in [2.45, 2.75) is 13.8 Å². The highest BCUT2D eigenvalue weighted by Crippen LogP contribution is 2.36. The number of allylic oxidation sites excluding steroid dienone is 1. The predicted molar refractivity (Wildman–Crippen MR) is 126 cm³/mol. The normalized spacial score (nSPS) is 13.6. The van der Waals surface area contributed by atoms with Gasteiger partial charge >= 0.3 is 5.63 Å². The van der Waals surface area contributed by atoms with E-state index in [2.05, 4.69) is 23.6 Å². The molecule has 0 saturated carbocycles. The molecule has 1 N–H and O–H groups in total. The highest BCUT2D eigenvalue weighted by molar-refractivity contribution is 6.08. The molecule has 2 aromatic carbocycles. The van der Waals surface area contributed by atoms with Gasteiger partial charge < -0.3 is 24.1 Å². The molecular formula is C25H26N2O5. The van der Waals surface area contributed by atoms with Crippen LogP contribution in [0.4, 0.5) is 11.4 Å². The molecule has 1 aliphatic heterocycles. The van der Waals surface area contributed by atoms with Gasteiger partial charge in [-0.1, -0.05) is 12.1 Å². The number of likely N-dealkylation sites (N-methyl/N-ethyl adjacent to an activating group) is 2. The summed E-state index contributed by atoms with van der Waals surface area (Å²) in [5.74, 6) is -0.138. The van der Waals surface area contributed by atoms with E-state index >= 15 is 0 Å². The fourth-order valence-electron chi connectivity index (χ4n) is 4.02. The first-order valence-corrected chi connectivity index (χ1v) is 10.7. The van der Waals surface area contributed by atoms with Gasteiger partial charge in [0.15, 0.2) is 17.3 Å². The van der Waals surface area contributed by atoms with Gasteiger partial charge in [-0.15, -0.1) is 0 Å². The van der Waals surface area contributed by atoms with Gasteiger partial charge in [-0.25, -0.2) is 4.79 Å². The zero-order valence-electron chi connectivity index (χ0n) is 18.4. The van der Waals surface area contributed by atoms with Crippen molar-refractivity contribution >= 4 is 34.2 Å². The Morgan fingerprint density at radius 1 is 1.09 bits per heavy atom. The monoisotopic (exact) mass is 434 g/mol. The number of ether oxygens (including phenoxy) is 1. The number of carbonyl (C=O) groups excluding carboxylic acids is 1. The Bertz CT molecular complexity index is 1260. The molecule has 166 valence electrons. The Balaban J connectivity index is 1.71. The van der Waals surface area contributed by atoms with Gasteiger partial charge in [-0.3, -0.25) is 4.79 Å². The number of aromatic hydroxyl groups is 1. The molecule has 0 unspecified atom stereocenters. The van der Waals surface area contributed by atoms with E-state index in [0.717, 1.165) is 37.6 Å². The third kappa shape index (κ3) is 3.93. The van der Waals surface area contributed by atoms with E-state index in [1.807, 2.05) is 12.1 Å². The maximum Gasteiger partial charge on any atom is 0.347 e. The summed E-state index contributed by atoms with van der Waals surface area (Å²) in [4.78, 5) is 29.9. The van der Waals surface area contributed by atoms with E-state index < -0.39 is 11.4 Å². The molecule has 4 rings (SSSR count). The maximum atomic E-state index is 12.8. The SMILES string of the molecule is CCN1CCN(CC)c2cc3oc(=O)c(C(=O)/C=C/c4ccc(O)c(OC)c4)cc3cc21. The Hall–Kier alpha value is -3.74. The zero-order chi connectivity index (χ0) is 22.8. The summed E-state index contributed by atoms with van der Waals surface area (Å²) >= 11 is 0. The van der Waals surface area contributed by atoms with Crippen molar-refractivity contribution in [2.75, 3.05) is 43.1 Å². The summed E-state index contributed by atoms with van der Waals surface area (Å²) in [6, 6.07) is 10.2. The number of hydrogen-bond donors (Lipinski definition) is 1. The van der Waals surface area contributed by atoms with Crippen LogP contribution in [0, 0.1) is 0 Å². The lowest BCUT2D eigenvalue weighted by molar-refractivity contribution is 0.104. The second-order valence-electron chi connectivity index (χ2n) is 7.61. The molecule has 7 nitrogen and oxygen atoms in total. The van der Waals surface area contributed by atoms with Crippen LogP contribution in [0.1, 0.15) is 29.8 Å². The third-order valence-electron chi connectivity index (χ3n) is 5.81. The molecule has 0 aliphatic carbocycles. The highest BCUT2D eigenvalue weighted by atomic mass is 16.5. The smallest absolute Gasteiger partial charge is 0.347 e. The van der Waals surface area contributed by atoms with Crippen LogP contribution in [0.15, 0.2) is 51.7 Å². The van der Waals surface area contributed by atoms with Gasteiger partial charge in [0.1, 0.15) is 11.1 Å². The van der Waals surface area contributed by atoms with Crippen molar-refractivity contribution < 1.29 is 19.1 Å². The number of phenolic OH excluding ortho intramolecular Hbond substituents is 1. The molecule has 0 atom stereocenters. The number of fused-ring (bicyclic) bond motifs is 2. The molecule has 0 fully saturated rings. The van der Waals surface area contributed by atoms with E-state index in [-0.39, 0.29) is 11.3 Å². The van der Waals surface area contributed by atoms with E-state index in [0.29, 0.717) is 22.3 Å². The number of methoxy groups -OCH3 is 1. The lowest BCUT2D eigenvalue weighted by atomic mass is 10.1. The first kappa shape index (κ1) is 21.5. The topological polar surface area (TPSA) is 83.2 Å². The summed E-state index contributed by atoms with van der Waals surface area (Å²) in [6.45, 7) is 7.78. The van der Waals surface area contributed by atoms with Crippen molar-refractivity contribution in [1.82, 2.24) is 0 Å². The summed E-state index contributed by atoms with van der Waals surface area (Å²) in [6.07, 6.45) is 2.89. The van der Waals surface area contributed by atoms with Crippen LogP contribution < -0.4 is 20.2 Å². The van der Waals surface area contributed by atoms with Crippen LogP contribution in [0.3, 0.4) is 0 Å². The Labute approximate surface area is 186 Å². The van der Waals surface area contributed by atoms with Gasteiger partial charge in [0, 0.05) is 37.6 Å². The Morgan fingerprint density at radius 2 is 1.78 bits per heavy atom. The molecule has 32 heavy (non-hydrogen) atoms. The number of nitrogens with zero attached hydrogens (tertiary/aromatic N) is 2. The lowest BCUT2D eigenvalue weighted by Gasteiger charge is -2.38. The van der Waals surface area contributed by atoms with Crippen molar-refractivity contribution in [3.63, 3.8) is 0 Å². The molecule has 0 saturated heterocycles. The number of benzene rings is 2. The number of rotatable bonds is 6. The maximum absolute atomic E-state index is 12.8. The molecule has 1 aromatic heterocycles. The first-order valence-electron chi connectivity index (χ1n) is 10.7. The van der Waals surface area contributed by atoms with Crippen LogP contribution in [0.2, 0.25) is 0 Å². The van der Waals surface area contributed by atoms with Crippen molar-refractivity contribution in [3.05, 3.63) is 64.0 Å². The van der Waals surface area contributed by atoms with E-state index in [9.17, 15) is 14.7 Å². The molecule has 1 aliphatic rings. The van der Waals surface area contributed by atoms with Crippen molar-refractivity contribution in [3.8, 4) is 11.5 Å². The highest BCUT2D eigenvalue weighted by Gasteiger charge is 2.23. The van der Waals surface area contributed by atoms with Crippen LogP contribution >= 0.6 is 0 Å². The molecular weight excluding hydrogens is 408 g/mol. The lowest BCUT2D eigenvalue weighted by Crippen LogP contribution is -2.40. The fraction of sp³-hybridized carbons (Fsp3) is 0.280. The van der Waals surface area contributed by atoms with Gasteiger partial charge in [0.05, 0.1) is 18.5 Å². The minimum Gasteiger partial charge on any atom is -0.504 e. The second kappa shape index (κ2) is 8.78. The molecule has 7 heteroatoms. The largest absolute Gasteiger partial charge is 0.504 e. The van der Waals surface area contributed by atoms with E-state index in [1.54, 1.807) is 24.3 Å². The minimum atomic E-state index is -0.665. The second-order valence-corrected chi connectivity index (χ2v) is 7.61. The number of hydrogen-bond acceptors (Lipinski definition) is 7. The molecule has 0 bridgehead atoms. The summed E-state index contributed by atoms with van der Waals surface area (Å²) in [5, 5.41) is 10.4. The number of carbonyl (C=O) groups is 1. The Kier molecular flexibility index (Phi) is 5.90. The standard InChI is InChI=1S/C25H26N2O5/c1-4-26-10-11-27(5-2)20-15-23-17(14-19(20)26)13-18(25(30)32-23)21(28)8-6-16-7-9-22(29)24(12-16)31-3/h6-9,12-15,29H,4-5,10-11H2,1-3H3/b8-6+. The average Bonchev–Trinajstić information content (AvgIpc) is 2.81. The minimum absolute atomic E-state index is 0.0113. The summed E-state index contributed by atoms with van der Waals surface area (Å²) in [7, 11) is 1.45. The number of phenols is 1. The van der Waals surface area contributed by atoms with E-state index in [4.69, 9.17) is 9.15 Å². The van der Waals surface area contributed by atoms with Crippen LogP contribution in [0.5, 0.6) is 11.5 Å². The third-order valence-corrected chi connectivity index (χ3v) is 5.81. The Morgan fingerprint density at radius 3 is 2.44 bits per heavy atom. The quantitative estimate of drug-likeness (QED) is 0.356. The van der Waals surface area contributed by atoms with Crippen molar-refractivity contribution in [1.29, 1.82) is 0 Å². The number of ketones is 1. The van der Waals surface area contributed by atoms with Crippen molar-refractivity contribution in [2.24, 2.45) is 0 Å².